The van der Waals surface area contributed by atoms with Crippen LogP contribution in [0.15, 0.2) is 48.5 Å². The summed E-state index contributed by atoms with van der Waals surface area (Å²) in [5.74, 6) is -2.05. The molecule has 23 heavy (non-hydrogen) atoms. The van der Waals surface area contributed by atoms with Crippen molar-refractivity contribution >= 4 is 17.5 Å². The average molecular weight is 314 g/mol. The van der Waals surface area contributed by atoms with Gasteiger partial charge in [-0.2, -0.15) is 0 Å². The van der Waals surface area contributed by atoms with Gasteiger partial charge in [0.05, 0.1) is 12.7 Å². The third-order valence-electron chi connectivity index (χ3n) is 3.38. The molecule has 0 heterocycles. The molecule has 0 saturated heterocycles. The maximum atomic E-state index is 14.1. The zero-order valence-corrected chi connectivity index (χ0v) is 12.7. The van der Waals surface area contributed by atoms with E-state index < -0.39 is 17.8 Å². The number of allylic oxidation sites excluding steroid dienone is 1. The van der Waals surface area contributed by atoms with Crippen molar-refractivity contribution < 1.29 is 23.8 Å². The fourth-order valence-corrected chi connectivity index (χ4v) is 2.13. The molecule has 0 unspecified atom stereocenters. The number of aromatic carboxylic acids is 1. The van der Waals surface area contributed by atoms with Crippen molar-refractivity contribution in [1.29, 1.82) is 0 Å². The molecule has 0 saturated carbocycles. The Kier molecular flexibility index (Phi) is 4.91. The van der Waals surface area contributed by atoms with Crippen LogP contribution in [0.25, 0.3) is 16.7 Å². The normalized spacial score (nSPS) is 11.2. The lowest BCUT2D eigenvalue weighted by Crippen LogP contribution is -1.97. The van der Waals surface area contributed by atoms with E-state index in [9.17, 15) is 14.0 Å². The Balaban J connectivity index is 2.50. The molecule has 2 aromatic rings. The number of carboxylic acids is 1. The molecule has 0 bridgehead atoms. The Bertz CT molecular complexity index is 793. The summed E-state index contributed by atoms with van der Waals surface area (Å²) < 4.78 is 18.7. The van der Waals surface area contributed by atoms with Crippen LogP contribution in [-0.4, -0.2) is 24.2 Å². The van der Waals surface area contributed by atoms with Gasteiger partial charge in [-0.05, 0) is 47.9 Å². The molecule has 0 radical (unpaired) electrons. The van der Waals surface area contributed by atoms with Crippen molar-refractivity contribution in [1.82, 2.24) is 0 Å². The lowest BCUT2D eigenvalue weighted by atomic mass is 9.98. The molecule has 0 aromatic heterocycles. The van der Waals surface area contributed by atoms with Crippen LogP contribution in [0, 0.1) is 5.82 Å². The Labute approximate surface area is 132 Å². The molecule has 0 amide bonds. The topological polar surface area (TPSA) is 63.6 Å². The zero-order chi connectivity index (χ0) is 17.0. The minimum Gasteiger partial charge on any atom is -0.478 e. The summed E-state index contributed by atoms with van der Waals surface area (Å²) in [5, 5.41) is 9.04. The van der Waals surface area contributed by atoms with Gasteiger partial charge in [0.25, 0.3) is 0 Å². The van der Waals surface area contributed by atoms with Crippen LogP contribution in [-0.2, 0) is 9.53 Å². The first-order valence-corrected chi connectivity index (χ1v) is 6.82. The van der Waals surface area contributed by atoms with E-state index in [1.165, 1.54) is 31.4 Å². The lowest BCUT2D eigenvalue weighted by Gasteiger charge is -2.08. The number of hydrogen-bond donors (Lipinski definition) is 1. The Morgan fingerprint density at radius 3 is 2.52 bits per heavy atom. The SMILES string of the molecule is COC(=O)/C=C(\C)c1ccc(F)c(-c2cccc(C(=O)O)c2)c1. The smallest absolute Gasteiger partial charge is 0.335 e. The second-order valence-electron chi connectivity index (χ2n) is 4.93. The number of hydrogen-bond acceptors (Lipinski definition) is 3. The summed E-state index contributed by atoms with van der Waals surface area (Å²) >= 11 is 0. The second-order valence-corrected chi connectivity index (χ2v) is 4.93. The minimum absolute atomic E-state index is 0.0779. The highest BCUT2D eigenvalue weighted by molar-refractivity contribution is 5.92. The van der Waals surface area contributed by atoms with Gasteiger partial charge in [-0.25, -0.2) is 14.0 Å². The molecule has 0 aliphatic carbocycles. The zero-order valence-electron chi connectivity index (χ0n) is 12.7. The largest absolute Gasteiger partial charge is 0.478 e. The number of halogens is 1. The summed E-state index contributed by atoms with van der Waals surface area (Å²) in [6, 6.07) is 10.4. The molecule has 118 valence electrons. The van der Waals surface area contributed by atoms with E-state index in [4.69, 9.17) is 5.11 Å². The summed E-state index contributed by atoms with van der Waals surface area (Å²) in [5.41, 5.74) is 2.06. The fraction of sp³-hybridized carbons (Fsp3) is 0.111. The van der Waals surface area contributed by atoms with E-state index in [1.54, 1.807) is 31.2 Å². The Hall–Kier alpha value is -2.95. The van der Waals surface area contributed by atoms with E-state index in [-0.39, 0.29) is 11.1 Å². The number of carbonyl (C=O) groups excluding carboxylic acids is 1. The third kappa shape index (κ3) is 3.83. The van der Waals surface area contributed by atoms with Crippen LogP contribution in [0.3, 0.4) is 0 Å². The standard InChI is InChI=1S/C18H15FO4/c1-11(8-17(20)23-2)12-6-7-16(19)15(10-12)13-4-3-5-14(9-13)18(21)22/h3-10H,1-2H3,(H,21,22)/b11-8+. The third-order valence-corrected chi connectivity index (χ3v) is 3.38. The molecule has 2 rings (SSSR count). The monoisotopic (exact) mass is 314 g/mol. The maximum Gasteiger partial charge on any atom is 0.335 e. The van der Waals surface area contributed by atoms with Crippen LogP contribution >= 0.6 is 0 Å². The molecule has 5 heteroatoms. The van der Waals surface area contributed by atoms with E-state index in [1.807, 2.05) is 0 Å². The average Bonchev–Trinajstić information content (AvgIpc) is 2.55. The molecular weight excluding hydrogens is 299 g/mol. The molecule has 0 aliphatic rings. The van der Waals surface area contributed by atoms with E-state index in [2.05, 4.69) is 4.74 Å². The van der Waals surface area contributed by atoms with Gasteiger partial charge in [0, 0.05) is 11.6 Å². The van der Waals surface area contributed by atoms with Gasteiger partial charge in [-0.15, -0.1) is 0 Å². The lowest BCUT2D eigenvalue weighted by molar-refractivity contribution is -0.134. The van der Waals surface area contributed by atoms with Gasteiger partial charge in [0.1, 0.15) is 5.82 Å². The van der Waals surface area contributed by atoms with Crippen molar-refractivity contribution in [2.75, 3.05) is 7.11 Å². The van der Waals surface area contributed by atoms with Crippen LogP contribution in [0.5, 0.6) is 0 Å². The number of esters is 1. The van der Waals surface area contributed by atoms with Crippen molar-refractivity contribution in [3.63, 3.8) is 0 Å². The molecule has 2 aromatic carbocycles. The van der Waals surface area contributed by atoms with Crippen molar-refractivity contribution in [3.8, 4) is 11.1 Å². The summed E-state index contributed by atoms with van der Waals surface area (Å²) in [6.07, 6.45) is 1.31. The predicted octanol–water partition coefficient (Wildman–Crippen LogP) is 3.77. The summed E-state index contributed by atoms with van der Waals surface area (Å²) in [7, 11) is 1.28. The summed E-state index contributed by atoms with van der Waals surface area (Å²) in [4.78, 5) is 22.3. The molecule has 4 nitrogen and oxygen atoms in total. The van der Waals surface area contributed by atoms with E-state index in [0.29, 0.717) is 16.7 Å². The van der Waals surface area contributed by atoms with Crippen LogP contribution in [0.4, 0.5) is 4.39 Å². The predicted molar refractivity (Wildman–Crippen MR) is 84.5 cm³/mol. The van der Waals surface area contributed by atoms with Crippen LogP contribution in [0.1, 0.15) is 22.8 Å². The molecule has 0 fully saturated rings. The molecule has 1 N–H and O–H groups in total. The minimum atomic E-state index is -1.08. The fourth-order valence-electron chi connectivity index (χ4n) is 2.13. The Morgan fingerprint density at radius 2 is 1.87 bits per heavy atom. The van der Waals surface area contributed by atoms with E-state index >= 15 is 0 Å². The quantitative estimate of drug-likeness (QED) is 0.689. The number of methoxy groups -OCH3 is 1. The molecule has 0 atom stereocenters. The van der Waals surface area contributed by atoms with Gasteiger partial charge in [0.2, 0.25) is 0 Å². The van der Waals surface area contributed by atoms with Crippen LogP contribution in [0.2, 0.25) is 0 Å². The van der Waals surface area contributed by atoms with Gasteiger partial charge in [-0.1, -0.05) is 18.2 Å². The number of rotatable bonds is 4. The van der Waals surface area contributed by atoms with Gasteiger partial charge in [0.15, 0.2) is 0 Å². The highest BCUT2D eigenvalue weighted by atomic mass is 19.1. The Morgan fingerprint density at radius 1 is 1.13 bits per heavy atom. The number of carboxylic acid groups (broad SMARTS) is 1. The van der Waals surface area contributed by atoms with Crippen molar-refractivity contribution in [2.45, 2.75) is 6.92 Å². The number of ether oxygens (including phenoxy) is 1. The van der Waals surface area contributed by atoms with Gasteiger partial charge < -0.3 is 9.84 Å². The molecular formula is C18H15FO4. The van der Waals surface area contributed by atoms with Crippen molar-refractivity contribution in [3.05, 3.63) is 65.5 Å². The van der Waals surface area contributed by atoms with Crippen LogP contribution < -0.4 is 0 Å². The summed E-state index contributed by atoms with van der Waals surface area (Å²) in [6.45, 7) is 1.71. The van der Waals surface area contributed by atoms with Gasteiger partial charge >= 0.3 is 11.9 Å². The first-order chi connectivity index (χ1) is 10.9. The first-order valence-electron chi connectivity index (χ1n) is 6.82. The number of carbonyl (C=O) groups is 2. The number of benzene rings is 2. The second kappa shape index (κ2) is 6.87. The molecule has 0 spiro atoms. The van der Waals surface area contributed by atoms with E-state index in [0.717, 1.165) is 0 Å². The van der Waals surface area contributed by atoms with Gasteiger partial charge in [-0.3, -0.25) is 0 Å². The molecule has 0 aliphatic heterocycles. The van der Waals surface area contributed by atoms with Crippen molar-refractivity contribution in [2.24, 2.45) is 0 Å². The first kappa shape index (κ1) is 16.4. The maximum absolute atomic E-state index is 14.1. The highest BCUT2D eigenvalue weighted by Crippen LogP contribution is 2.27. The highest BCUT2D eigenvalue weighted by Gasteiger charge is 2.10.